The van der Waals surface area contributed by atoms with Crippen LogP contribution in [0.5, 0.6) is 5.75 Å². The van der Waals surface area contributed by atoms with E-state index in [1.165, 1.54) is 7.11 Å². The summed E-state index contributed by atoms with van der Waals surface area (Å²) in [6.07, 6.45) is -0.174. The summed E-state index contributed by atoms with van der Waals surface area (Å²) in [5.74, 6) is -1.48. The first-order valence-corrected chi connectivity index (χ1v) is 7.13. The molecule has 1 aromatic carbocycles. The van der Waals surface area contributed by atoms with E-state index < -0.39 is 23.3 Å². The maximum atomic E-state index is 12.3. The van der Waals surface area contributed by atoms with Crippen LogP contribution in [0.4, 0.5) is 17.5 Å². The number of rotatable bonds is 4. The lowest BCUT2D eigenvalue weighted by Crippen LogP contribution is -2.36. The summed E-state index contributed by atoms with van der Waals surface area (Å²) in [6.45, 7) is 0. The number of nitrogens with zero attached hydrogens (tertiary/aromatic N) is 1. The van der Waals surface area contributed by atoms with Crippen LogP contribution >= 0.6 is 0 Å². The Balaban J connectivity index is 2.02. The van der Waals surface area contributed by atoms with E-state index in [9.17, 15) is 14.4 Å². The maximum absolute atomic E-state index is 12.3. The Labute approximate surface area is 136 Å². The van der Waals surface area contributed by atoms with Gasteiger partial charge < -0.3 is 21.1 Å². The average Bonchev–Trinajstić information content (AvgIpc) is 2.54. The van der Waals surface area contributed by atoms with Gasteiger partial charge in [0.15, 0.2) is 0 Å². The third kappa shape index (κ3) is 2.78. The Kier molecular flexibility index (Phi) is 3.90. The number of anilines is 3. The van der Waals surface area contributed by atoms with Gasteiger partial charge in [0.25, 0.3) is 5.56 Å². The molecular weight excluding hydrogens is 314 g/mol. The highest BCUT2D eigenvalue weighted by atomic mass is 16.5. The Morgan fingerprint density at radius 3 is 2.83 bits per heavy atom. The molecule has 1 aromatic heterocycles. The highest BCUT2D eigenvalue weighted by Crippen LogP contribution is 2.30. The van der Waals surface area contributed by atoms with Gasteiger partial charge in [-0.3, -0.25) is 19.4 Å². The number of benzene rings is 1. The number of methoxy groups -OCH3 is 1. The molecule has 9 heteroatoms. The number of amides is 2. The summed E-state index contributed by atoms with van der Waals surface area (Å²) in [6, 6.07) is 7.06. The minimum atomic E-state index is -0.995. The number of nitrogens with one attached hydrogen (secondary N) is 3. The fraction of sp³-hybridized carbons (Fsp3) is 0.200. The van der Waals surface area contributed by atoms with Crippen LogP contribution in [-0.2, 0) is 9.59 Å². The van der Waals surface area contributed by atoms with E-state index >= 15 is 0 Å². The summed E-state index contributed by atoms with van der Waals surface area (Å²) in [5, 5.41) is 5.41. The monoisotopic (exact) mass is 329 g/mol. The van der Waals surface area contributed by atoms with E-state index in [0.29, 0.717) is 11.4 Å². The number of hydrogen-bond donors (Lipinski definition) is 4. The molecule has 124 valence electrons. The van der Waals surface area contributed by atoms with Gasteiger partial charge in [-0.1, -0.05) is 12.1 Å². The fourth-order valence-electron chi connectivity index (χ4n) is 2.55. The van der Waals surface area contributed by atoms with Gasteiger partial charge >= 0.3 is 0 Å². The first-order chi connectivity index (χ1) is 11.5. The van der Waals surface area contributed by atoms with E-state index in [0.717, 1.165) is 0 Å². The van der Waals surface area contributed by atoms with Crippen LogP contribution in [-0.4, -0.2) is 28.9 Å². The van der Waals surface area contributed by atoms with Gasteiger partial charge in [0, 0.05) is 6.42 Å². The first kappa shape index (κ1) is 15.5. The molecule has 3 rings (SSSR count). The van der Waals surface area contributed by atoms with Crippen molar-refractivity contribution in [3.05, 3.63) is 40.2 Å². The van der Waals surface area contributed by atoms with Crippen LogP contribution in [0.2, 0.25) is 0 Å². The standard InChI is InChI=1S/C15H15N5O4/c1-24-9-5-3-2-4-8(9)17-15-19-13-11(14(23)20-15)7(12(16)22)6-10(21)18-13/h2-5,7H,6H2,1H3,(H2,16,22)(H3,17,18,19,20,21,23). The minimum Gasteiger partial charge on any atom is -0.495 e. The summed E-state index contributed by atoms with van der Waals surface area (Å²) < 4.78 is 5.21. The summed E-state index contributed by atoms with van der Waals surface area (Å²) >= 11 is 0. The molecule has 2 amide bonds. The second-order valence-corrected chi connectivity index (χ2v) is 5.21. The fourth-order valence-corrected chi connectivity index (χ4v) is 2.55. The predicted molar refractivity (Wildman–Crippen MR) is 86.3 cm³/mol. The molecule has 0 bridgehead atoms. The molecule has 24 heavy (non-hydrogen) atoms. The number of para-hydroxylation sites is 2. The topological polar surface area (TPSA) is 139 Å². The van der Waals surface area contributed by atoms with Crippen LogP contribution in [0.25, 0.3) is 0 Å². The lowest BCUT2D eigenvalue weighted by molar-refractivity contribution is -0.124. The van der Waals surface area contributed by atoms with Crippen molar-refractivity contribution in [2.75, 3.05) is 17.7 Å². The maximum Gasteiger partial charge on any atom is 0.258 e. The molecule has 1 unspecified atom stereocenters. The van der Waals surface area contributed by atoms with Gasteiger partial charge in [0.2, 0.25) is 17.8 Å². The van der Waals surface area contributed by atoms with Gasteiger partial charge in [-0.2, -0.15) is 4.98 Å². The number of carbonyl (C=O) groups is 2. The lowest BCUT2D eigenvalue weighted by Gasteiger charge is -2.22. The van der Waals surface area contributed by atoms with Gasteiger partial charge in [0.1, 0.15) is 11.6 Å². The third-order valence-corrected chi connectivity index (χ3v) is 3.65. The van der Waals surface area contributed by atoms with Gasteiger partial charge in [-0.25, -0.2) is 0 Å². The first-order valence-electron chi connectivity index (χ1n) is 7.13. The van der Waals surface area contributed by atoms with Crippen molar-refractivity contribution in [2.45, 2.75) is 12.3 Å². The molecule has 1 atom stereocenters. The third-order valence-electron chi connectivity index (χ3n) is 3.65. The van der Waals surface area contributed by atoms with Crippen molar-refractivity contribution in [3.63, 3.8) is 0 Å². The van der Waals surface area contributed by atoms with E-state index in [1.54, 1.807) is 24.3 Å². The molecule has 2 heterocycles. The summed E-state index contributed by atoms with van der Waals surface area (Å²) in [5.41, 5.74) is 5.38. The molecule has 0 saturated heterocycles. The quantitative estimate of drug-likeness (QED) is 0.641. The molecular formula is C15H15N5O4. The molecule has 0 radical (unpaired) electrons. The Hall–Kier alpha value is -3.36. The lowest BCUT2D eigenvalue weighted by atomic mass is 9.93. The molecule has 0 spiro atoms. The van der Waals surface area contributed by atoms with Crippen molar-refractivity contribution < 1.29 is 14.3 Å². The molecule has 9 nitrogen and oxygen atoms in total. The number of hydrogen-bond acceptors (Lipinski definition) is 6. The number of aromatic amines is 1. The molecule has 2 aromatic rings. The zero-order chi connectivity index (χ0) is 17.3. The van der Waals surface area contributed by atoms with E-state index in [1.807, 2.05) is 0 Å². The van der Waals surface area contributed by atoms with E-state index in [-0.39, 0.29) is 23.8 Å². The van der Waals surface area contributed by atoms with Crippen LogP contribution in [0.15, 0.2) is 29.1 Å². The summed E-state index contributed by atoms with van der Waals surface area (Å²) in [7, 11) is 1.52. The van der Waals surface area contributed by atoms with Crippen molar-refractivity contribution in [1.82, 2.24) is 9.97 Å². The van der Waals surface area contributed by atoms with Gasteiger partial charge in [-0.15, -0.1) is 0 Å². The molecule has 5 N–H and O–H groups in total. The predicted octanol–water partition coefficient (Wildman–Crippen LogP) is 0.433. The molecule has 0 aliphatic carbocycles. The van der Waals surface area contributed by atoms with Crippen molar-refractivity contribution in [1.29, 1.82) is 0 Å². The average molecular weight is 329 g/mol. The second-order valence-electron chi connectivity index (χ2n) is 5.21. The van der Waals surface area contributed by atoms with Crippen LogP contribution in [0.1, 0.15) is 17.9 Å². The van der Waals surface area contributed by atoms with Crippen molar-refractivity contribution in [3.8, 4) is 5.75 Å². The normalized spacial score (nSPS) is 16.0. The molecule has 1 aliphatic heterocycles. The van der Waals surface area contributed by atoms with Crippen molar-refractivity contribution in [2.24, 2.45) is 5.73 Å². The minimum absolute atomic E-state index is 0.0243. The number of H-pyrrole nitrogens is 1. The smallest absolute Gasteiger partial charge is 0.258 e. The zero-order valence-corrected chi connectivity index (χ0v) is 12.8. The van der Waals surface area contributed by atoms with Crippen LogP contribution in [0, 0.1) is 0 Å². The number of aromatic nitrogens is 2. The van der Waals surface area contributed by atoms with Crippen LogP contribution < -0.4 is 26.7 Å². The SMILES string of the molecule is COc1ccccc1Nc1nc2c(c(=O)[nH]1)C(C(N)=O)CC(=O)N2. The molecule has 1 aliphatic rings. The van der Waals surface area contributed by atoms with Gasteiger partial charge in [0.05, 0.1) is 24.3 Å². The zero-order valence-electron chi connectivity index (χ0n) is 12.8. The molecule has 0 fully saturated rings. The Morgan fingerprint density at radius 2 is 2.12 bits per heavy atom. The largest absolute Gasteiger partial charge is 0.495 e. The Morgan fingerprint density at radius 1 is 1.38 bits per heavy atom. The van der Waals surface area contributed by atoms with E-state index in [2.05, 4.69) is 20.6 Å². The highest BCUT2D eigenvalue weighted by Gasteiger charge is 2.33. The number of fused-ring (bicyclic) bond motifs is 1. The van der Waals surface area contributed by atoms with Gasteiger partial charge in [-0.05, 0) is 12.1 Å². The van der Waals surface area contributed by atoms with E-state index in [4.69, 9.17) is 10.5 Å². The summed E-state index contributed by atoms with van der Waals surface area (Å²) in [4.78, 5) is 42.2. The molecule has 0 saturated carbocycles. The number of carbonyl (C=O) groups excluding carboxylic acids is 2. The second kappa shape index (κ2) is 6.03. The Bertz CT molecular complexity index is 876. The van der Waals surface area contributed by atoms with Crippen LogP contribution in [0.3, 0.4) is 0 Å². The number of ether oxygens (including phenoxy) is 1. The number of primary amides is 1. The highest BCUT2D eigenvalue weighted by molar-refractivity contribution is 5.99. The number of nitrogens with two attached hydrogens (primary N) is 1. The van der Waals surface area contributed by atoms with Crippen molar-refractivity contribution >= 4 is 29.3 Å².